The van der Waals surface area contributed by atoms with Crippen LogP contribution in [0.15, 0.2) is 25.3 Å². The van der Waals surface area contributed by atoms with Crippen LogP contribution in [0.2, 0.25) is 0 Å². The second-order valence-electron chi connectivity index (χ2n) is 2.40. The Morgan fingerprint density at radius 1 is 1.25 bits per heavy atom. The number of aliphatic hydroxyl groups excluding tert-OH is 2. The molecule has 6 heteroatoms. The van der Waals surface area contributed by atoms with E-state index in [-0.39, 0.29) is 0 Å². The number of carbonyl (C=O) groups excluding carboxylic acids is 2. The van der Waals surface area contributed by atoms with Crippen LogP contribution >= 0.6 is 0 Å². The van der Waals surface area contributed by atoms with Crippen LogP contribution in [-0.2, 0) is 19.1 Å². The first-order valence-corrected chi connectivity index (χ1v) is 4.01. The second-order valence-corrected chi connectivity index (χ2v) is 2.40. The molecule has 0 saturated heterocycles. The van der Waals surface area contributed by atoms with Gasteiger partial charge in [0, 0.05) is 18.1 Å². The number of ether oxygens (including phenoxy) is 2. The number of hydrogen-bond donors (Lipinski definition) is 2. The molecule has 2 N–H and O–H groups in total. The highest BCUT2D eigenvalue weighted by Gasteiger charge is 2.36. The highest BCUT2D eigenvalue weighted by atomic mass is 16.7. The van der Waals surface area contributed by atoms with Gasteiger partial charge in [0.15, 0.2) is 0 Å². The third-order valence-corrected chi connectivity index (χ3v) is 1.32. The summed E-state index contributed by atoms with van der Waals surface area (Å²) in [5.74, 6) is -2.36. The number of carbonyl (C=O) groups is 2. The summed E-state index contributed by atoms with van der Waals surface area (Å²) in [6, 6.07) is 0. The lowest BCUT2D eigenvalue weighted by molar-refractivity contribution is -0.211. The molecule has 0 radical (unpaired) electrons. The summed E-state index contributed by atoms with van der Waals surface area (Å²) >= 11 is 0. The standard InChI is InChI=1S/C10H10O6/c1-3-8(13)15-10(7-12,5-6-11)16-9(14)4-2/h3-4,11-12H,1-2,7H2. The second kappa shape index (κ2) is 6.27. The Morgan fingerprint density at radius 2 is 1.69 bits per heavy atom. The predicted molar refractivity (Wildman–Crippen MR) is 52.1 cm³/mol. The molecule has 0 aromatic rings. The maximum absolute atomic E-state index is 10.9. The SMILES string of the molecule is C=CC(=O)OC(C#CO)(CO)OC(=O)C=C. The molecule has 0 saturated carbocycles. The Labute approximate surface area is 91.8 Å². The molecule has 6 nitrogen and oxygen atoms in total. The molecular weight excluding hydrogens is 216 g/mol. The van der Waals surface area contributed by atoms with Crippen molar-refractivity contribution in [3.8, 4) is 12.0 Å². The molecule has 0 heterocycles. The number of aliphatic hydroxyl groups is 2. The fraction of sp³-hybridized carbons (Fsp3) is 0.200. The minimum atomic E-state index is -2.26. The molecule has 0 aliphatic carbocycles. The quantitative estimate of drug-likeness (QED) is 0.283. The van der Waals surface area contributed by atoms with E-state index >= 15 is 0 Å². The molecule has 0 amide bonds. The summed E-state index contributed by atoms with van der Waals surface area (Å²) < 4.78 is 9.04. The maximum Gasteiger partial charge on any atom is 0.348 e. The molecule has 0 bridgehead atoms. The van der Waals surface area contributed by atoms with Gasteiger partial charge in [-0.05, 0) is 0 Å². The largest absolute Gasteiger partial charge is 0.462 e. The summed E-state index contributed by atoms with van der Waals surface area (Å²) in [5.41, 5.74) is 0. The van der Waals surface area contributed by atoms with E-state index < -0.39 is 24.3 Å². The summed E-state index contributed by atoms with van der Waals surface area (Å²) in [5, 5.41) is 17.4. The van der Waals surface area contributed by atoms with E-state index in [0.717, 1.165) is 12.2 Å². The molecular formula is C10H10O6. The molecule has 86 valence electrons. The highest BCUT2D eigenvalue weighted by molar-refractivity contribution is 5.83. The fourth-order valence-electron chi connectivity index (χ4n) is 0.669. The topological polar surface area (TPSA) is 93.1 Å². The smallest absolute Gasteiger partial charge is 0.348 e. The molecule has 0 fully saturated rings. The van der Waals surface area contributed by atoms with Gasteiger partial charge in [-0.15, -0.1) is 0 Å². The van der Waals surface area contributed by atoms with Gasteiger partial charge in [-0.3, -0.25) is 0 Å². The first-order valence-electron chi connectivity index (χ1n) is 4.01. The van der Waals surface area contributed by atoms with Gasteiger partial charge >= 0.3 is 17.7 Å². The van der Waals surface area contributed by atoms with Gasteiger partial charge in [0.05, 0.1) is 0 Å². The monoisotopic (exact) mass is 226 g/mol. The number of rotatable bonds is 5. The zero-order valence-corrected chi connectivity index (χ0v) is 8.30. The Kier molecular flexibility index (Phi) is 5.38. The van der Waals surface area contributed by atoms with E-state index in [4.69, 9.17) is 10.2 Å². The Balaban J connectivity index is 5.03. The molecule has 0 aromatic heterocycles. The van der Waals surface area contributed by atoms with Gasteiger partial charge in [0.25, 0.3) is 0 Å². The molecule has 0 aromatic carbocycles. The fourth-order valence-corrected chi connectivity index (χ4v) is 0.669. The average molecular weight is 226 g/mol. The maximum atomic E-state index is 10.9. The lowest BCUT2D eigenvalue weighted by Gasteiger charge is -2.24. The third-order valence-electron chi connectivity index (χ3n) is 1.32. The van der Waals surface area contributed by atoms with Crippen molar-refractivity contribution in [2.24, 2.45) is 0 Å². The molecule has 0 rings (SSSR count). The van der Waals surface area contributed by atoms with E-state index in [1.165, 1.54) is 6.11 Å². The first-order chi connectivity index (χ1) is 7.53. The van der Waals surface area contributed by atoms with Crippen LogP contribution in [0.5, 0.6) is 0 Å². The van der Waals surface area contributed by atoms with E-state index in [2.05, 4.69) is 22.6 Å². The van der Waals surface area contributed by atoms with E-state index in [9.17, 15) is 9.59 Å². The lowest BCUT2D eigenvalue weighted by atomic mass is 10.3. The first kappa shape index (κ1) is 13.7. The number of hydrogen-bond acceptors (Lipinski definition) is 6. The van der Waals surface area contributed by atoms with Crippen LogP contribution in [0.1, 0.15) is 0 Å². The van der Waals surface area contributed by atoms with Gasteiger partial charge in [0.2, 0.25) is 0 Å². The Bertz CT molecular complexity index is 337. The van der Waals surface area contributed by atoms with Crippen LogP contribution in [0, 0.1) is 12.0 Å². The van der Waals surface area contributed by atoms with E-state index in [1.807, 2.05) is 5.92 Å². The van der Waals surface area contributed by atoms with Crippen LogP contribution < -0.4 is 0 Å². The van der Waals surface area contributed by atoms with Crippen molar-refractivity contribution in [2.75, 3.05) is 6.61 Å². The van der Waals surface area contributed by atoms with Crippen molar-refractivity contribution >= 4 is 11.9 Å². The minimum Gasteiger partial charge on any atom is -0.462 e. The number of esters is 2. The third kappa shape index (κ3) is 3.86. The van der Waals surface area contributed by atoms with Gasteiger partial charge in [-0.2, -0.15) is 0 Å². The van der Waals surface area contributed by atoms with Crippen molar-refractivity contribution in [3.05, 3.63) is 25.3 Å². The summed E-state index contributed by atoms with van der Waals surface area (Å²) in [7, 11) is 0. The normalized spacial score (nSPS) is 9.31. The van der Waals surface area contributed by atoms with Crippen LogP contribution in [-0.4, -0.2) is 34.5 Å². The Morgan fingerprint density at radius 3 is 1.94 bits per heavy atom. The molecule has 0 unspecified atom stereocenters. The van der Waals surface area contributed by atoms with Gasteiger partial charge in [-0.1, -0.05) is 13.2 Å². The molecule has 0 spiro atoms. The summed E-state index contributed by atoms with van der Waals surface area (Å²) in [4.78, 5) is 21.8. The van der Waals surface area contributed by atoms with Gasteiger partial charge in [-0.25, -0.2) is 9.59 Å². The zero-order chi connectivity index (χ0) is 12.6. The Hall–Kier alpha value is -2.26. The zero-order valence-electron chi connectivity index (χ0n) is 8.30. The van der Waals surface area contributed by atoms with Gasteiger partial charge < -0.3 is 19.7 Å². The molecule has 0 atom stereocenters. The van der Waals surface area contributed by atoms with Gasteiger partial charge in [0.1, 0.15) is 12.7 Å². The average Bonchev–Trinajstić information content (AvgIpc) is 2.28. The molecule has 0 aliphatic heterocycles. The van der Waals surface area contributed by atoms with Crippen molar-refractivity contribution in [2.45, 2.75) is 5.79 Å². The van der Waals surface area contributed by atoms with Crippen LogP contribution in [0.4, 0.5) is 0 Å². The summed E-state index contributed by atoms with van der Waals surface area (Å²) in [6.45, 7) is 5.28. The minimum absolute atomic E-state index is 0.783. The molecule has 16 heavy (non-hydrogen) atoms. The lowest BCUT2D eigenvalue weighted by Crippen LogP contribution is -2.41. The van der Waals surface area contributed by atoms with Crippen LogP contribution in [0.25, 0.3) is 0 Å². The molecule has 0 aliphatic rings. The summed E-state index contributed by atoms with van der Waals surface area (Å²) in [6.07, 6.45) is 2.95. The predicted octanol–water partition coefficient (Wildman–Crippen LogP) is -0.533. The van der Waals surface area contributed by atoms with E-state index in [1.54, 1.807) is 0 Å². The van der Waals surface area contributed by atoms with Crippen molar-refractivity contribution < 1.29 is 29.3 Å². The van der Waals surface area contributed by atoms with Crippen molar-refractivity contribution in [1.29, 1.82) is 0 Å². The van der Waals surface area contributed by atoms with Crippen molar-refractivity contribution in [1.82, 2.24) is 0 Å². The van der Waals surface area contributed by atoms with Crippen LogP contribution in [0.3, 0.4) is 0 Å². The van der Waals surface area contributed by atoms with E-state index in [0.29, 0.717) is 0 Å². The highest BCUT2D eigenvalue weighted by Crippen LogP contribution is 2.13. The van der Waals surface area contributed by atoms with Crippen molar-refractivity contribution in [3.63, 3.8) is 0 Å².